The Morgan fingerprint density at radius 2 is 0.719 bits per heavy atom. The van der Waals surface area contributed by atoms with Crippen LogP contribution in [0.15, 0.2) is 200 Å². The van der Waals surface area contributed by atoms with Gasteiger partial charge in [0.25, 0.3) is 0 Å². The summed E-state index contributed by atoms with van der Waals surface area (Å²) in [5.41, 5.74) is 15.1. The lowest BCUT2D eigenvalue weighted by Gasteiger charge is -2.36. The van der Waals surface area contributed by atoms with E-state index in [4.69, 9.17) is 0 Å². The molecule has 0 radical (unpaired) electrons. The molecule has 0 bridgehead atoms. The Balaban J connectivity index is 1.39. The van der Waals surface area contributed by atoms with E-state index in [1.54, 1.807) is 0 Å². The average molecular weight is 833 g/mol. The lowest BCUT2D eigenvalue weighted by atomic mass is 9.83. The summed E-state index contributed by atoms with van der Waals surface area (Å²) in [6.07, 6.45) is 0. The normalized spacial score (nSPS) is 12.1. The summed E-state index contributed by atoms with van der Waals surface area (Å²) in [4.78, 5) is 5.02. The van der Waals surface area contributed by atoms with Crippen LogP contribution >= 0.6 is 0 Å². The van der Waals surface area contributed by atoms with Gasteiger partial charge in [-0.15, -0.1) is 0 Å². The Hall–Kier alpha value is -6.90. The van der Waals surface area contributed by atoms with Crippen molar-refractivity contribution in [3.05, 3.63) is 217 Å². The van der Waals surface area contributed by atoms with Crippen molar-refractivity contribution in [2.75, 3.05) is 9.80 Å². The van der Waals surface area contributed by atoms with Crippen molar-refractivity contribution in [2.24, 2.45) is 0 Å². The molecule has 0 aromatic heterocycles. The maximum atomic E-state index is 2.53. The van der Waals surface area contributed by atoms with E-state index in [0.717, 1.165) is 45.3 Å². The van der Waals surface area contributed by atoms with Gasteiger partial charge in [-0.25, -0.2) is 0 Å². The summed E-state index contributed by atoms with van der Waals surface area (Å²) in [7, 11) is 0. The number of hydrogen-bond donors (Lipinski definition) is 0. The molecule has 0 aliphatic rings. The van der Waals surface area contributed by atoms with Crippen LogP contribution in [-0.2, 0) is 16.2 Å². The highest BCUT2D eigenvalue weighted by atomic mass is 15.2. The summed E-state index contributed by atoms with van der Waals surface area (Å²) >= 11 is 0. The Kier molecular flexibility index (Phi) is 11.0. The number of rotatable bonds is 8. The van der Waals surface area contributed by atoms with Crippen LogP contribution in [0.5, 0.6) is 0 Å². The fourth-order valence-corrected chi connectivity index (χ4v) is 9.01. The van der Waals surface area contributed by atoms with Crippen molar-refractivity contribution in [1.29, 1.82) is 0 Å². The zero-order valence-corrected chi connectivity index (χ0v) is 38.9. The Bertz CT molecular complexity index is 3050. The molecule has 0 saturated heterocycles. The highest BCUT2D eigenvalue weighted by molar-refractivity contribution is 6.13. The van der Waals surface area contributed by atoms with E-state index < -0.39 is 0 Å². The third kappa shape index (κ3) is 8.33. The van der Waals surface area contributed by atoms with Crippen LogP contribution in [0.1, 0.15) is 79.0 Å². The second kappa shape index (κ2) is 16.7. The van der Waals surface area contributed by atoms with Gasteiger partial charge in [-0.2, -0.15) is 0 Å². The molecule has 0 saturated carbocycles. The average Bonchev–Trinajstić information content (AvgIpc) is 3.29. The van der Waals surface area contributed by atoms with Crippen LogP contribution in [0.2, 0.25) is 0 Å². The third-order valence-corrected chi connectivity index (χ3v) is 12.7. The molecule has 318 valence electrons. The molecule has 0 aliphatic heterocycles. The van der Waals surface area contributed by atoms with Gasteiger partial charge in [0.15, 0.2) is 0 Å². The molecular weight excluding hydrogens is 773 g/mol. The van der Waals surface area contributed by atoms with Crippen molar-refractivity contribution < 1.29 is 0 Å². The fraction of sp³-hybridized carbons (Fsp3) is 0.194. The lowest BCUT2D eigenvalue weighted by molar-refractivity contribution is 0.589. The molecule has 9 aromatic rings. The second-order valence-corrected chi connectivity index (χ2v) is 20.3. The molecule has 9 aromatic carbocycles. The van der Waals surface area contributed by atoms with Gasteiger partial charge in [-0.3, -0.25) is 0 Å². The monoisotopic (exact) mass is 832 g/mol. The van der Waals surface area contributed by atoms with Gasteiger partial charge < -0.3 is 9.80 Å². The molecule has 2 heteroatoms. The van der Waals surface area contributed by atoms with Crippen LogP contribution in [0, 0.1) is 0 Å². The summed E-state index contributed by atoms with van der Waals surface area (Å²) in [6.45, 7) is 20.7. The number of fused-ring (bicyclic) bond motifs is 3. The van der Waals surface area contributed by atoms with Crippen LogP contribution in [-0.4, -0.2) is 0 Å². The summed E-state index contributed by atoms with van der Waals surface area (Å²) in [5.74, 6) is 0. The quantitative estimate of drug-likeness (QED) is 0.141. The lowest BCUT2D eigenvalue weighted by Crippen LogP contribution is -2.20. The van der Waals surface area contributed by atoms with E-state index in [9.17, 15) is 0 Å². The first-order valence-electron chi connectivity index (χ1n) is 22.8. The molecule has 0 spiro atoms. The Labute approximate surface area is 381 Å². The molecule has 0 unspecified atom stereocenters. The van der Waals surface area contributed by atoms with Gasteiger partial charge in [-0.05, 0) is 120 Å². The minimum atomic E-state index is -0.186. The largest absolute Gasteiger partial charge is 0.310 e. The molecule has 0 heterocycles. The van der Waals surface area contributed by atoms with Crippen LogP contribution in [0.3, 0.4) is 0 Å². The predicted octanol–water partition coefficient (Wildman–Crippen LogP) is 18.2. The highest BCUT2D eigenvalue weighted by Gasteiger charge is 2.29. The van der Waals surface area contributed by atoms with Gasteiger partial charge in [-0.1, -0.05) is 208 Å². The van der Waals surface area contributed by atoms with Crippen molar-refractivity contribution in [1.82, 2.24) is 0 Å². The smallest absolute Gasteiger partial charge is 0.0564 e. The molecule has 0 aliphatic carbocycles. The molecule has 0 amide bonds. The van der Waals surface area contributed by atoms with Crippen molar-refractivity contribution >= 4 is 55.7 Å². The van der Waals surface area contributed by atoms with Crippen molar-refractivity contribution in [3.63, 3.8) is 0 Å². The number of benzene rings is 9. The minimum absolute atomic E-state index is 0.00926. The third-order valence-electron chi connectivity index (χ3n) is 12.7. The summed E-state index contributed by atoms with van der Waals surface area (Å²) < 4.78 is 0. The van der Waals surface area contributed by atoms with Gasteiger partial charge in [0.2, 0.25) is 0 Å². The van der Waals surface area contributed by atoms with Crippen LogP contribution < -0.4 is 9.80 Å². The zero-order valence-electron chi connectivity index (χ0n) is 38.9. The number of anilines is 6. The van der Waals surface area contributed by atoms with E-state index in [1.165, 1.54) is 49.4 Å². The Morgan fingerprint density at radius 3 is 1.27 bits per heavy atom. The molecule has 0 atom stereocenters. The van der Waals surface area contributed by atoms with Gasteiger partial charge >= 0.3 is 0 Å². The van der Waals surface area contributed by atoms with Crippen LogP contribution in [0.25, 0.3) is 43.8 Å². The highest BCUT2D eigenvalue weighted by Crippen LogP contribution is 2.52. The van der Waals surface area contributed by atoms with Gasteiger partial charge in [0.1, 0.15) is 0 Å². The van der Waals surface area contributed by atoms with E-state index in [0.29, 0.717) is 0 Å². The van der Waals surface area contributed by atoms with Crippen molar-refractivity contribution in [2.45, 2.75) is 78.6 Å². The first-order valence-corrected chi connectivity index (χ1v) is 22.8. The van der Waals surface area contributed by atoms with E-state index in [-0.39, 0.29) is 16.2 Å². The maximum Gasteiger partial charge on any atom is 0.0564 e. The number of hydrogen-bond acceptors (Lipinski definition) is 2. The maximum absolute atomic E-state index is 2.53. The topological polar surface area (TPSA) is 6.48 Å². The van der Waals surface area contributed by atoms with Gasteiger partial charge in [0.05, 0.1) is 17.1 Å². The summed E-state index contributed by atoms with van der Waals surface area (Å²) in [5, 5.41) is 4.93. The fourth-order valence-electron chi connectivity index (χ4n) is 9.01. The summed E-state index contributed by atoms with van der Waals surface area (Å²) in [6, 6.07) is 74.4. The molecule has 9 rings (SSSR count). The zero-order chi connectivity index (χ0) is 44.8. The minimum Gasteiger partial charge on any atom is -0.310 e. The van der Waals surface area contributed by atoms with E-state index >= 15 is 0 Å². The van der Waals surface area contributed by atoms with E-state index in [2.05, 4.69) is 272 Å². The second-order valence-electron chi connectivity index (χ2n) is 20.3. The molecule has 0 N–H and O–H groups in total. The first kappa shape index (κ1) is 42.4. The predicted molar refractivity (Wildman–Crippen MR) is 278 cm³/mol. The molecule has 2 nitrogen and oxygen atoms in total. The standard InChI is InChI=1S/C62H60N2/c1-60(2,3)47-30-36-51(37-31-47)63(50-34-27-44(28-35-50)43-19-12-10-13-20-43)57-41-49(62(7,8)9)42-58(59(57)46-22-14-11-15-23-46)64(52-38-32-48(33-39-52)61(4,5)6)56-26-18-25-54-53-24-17-16-21-45(53)29-40-55(54)56/h10-42H,1-9H3. The first-order chi connectivity index (χ1) is 30.6. The van der Waals surface area contributed by atoms with Gasteiger partial charge in [0, 0.05) is 28.0 Å². The molecule has 0 fully saturated rings. The number of nitrogens with zero attached hydrogens (tertiary/aromatic N) is 2. The van der Waals surface area contributed by atoms with Crippen LogP contribution in [0.4, 0.5) is 34.1 Å². The molecular formula is C62H60N2. The van der Waals surface area contributed by atoms with E-state index in [1.807, 2.05) is 0 Å². The SMILES string of the molecule is CC(C)(C)c1ccc(N(c2ccc(-c3ccccc3)cc2)c2cc(C(C)(C)C)cc(N(c3ccc(C(C)(C)C)cc3)c3cccc4c3ccc3ccccc34)c2-c2ccccc2)cc1. The Morgan fingerprint density at radius 1 is 0.281 bits per heavy atom. The van der Waals surface area contributed by atoms with Crippen molar-refractivity contribution in [3.8, 4) is 22.3 Å². The molecule has 64 heavy (non-hydrogen) atoms.